The highest BCUT2D eigenvalue weighted by molar-refractivity contribution is 6.10. The van der Waals surface area contributed by atoms with Crippen molar-refractivity contribution < 1.29 is 19.2 Å². The number of hydrogen-bond acceptors (Lipinski definition) is 6. The number of nitro benzene ring substituents is 1. The molecule has 0 unspecified atom stereocenters. The van der Waals surface area contributed by atoms with E-state index >= 15 is 0 Å². The van der Waals surface area contributed by atoms with E-state index in [1.807, 2.05) is 18.2 Å². The van der Waals surface area contributed by atoms with Crippen LogP contribution in [0.5, 0.6) is 0 Å². The van der Waals surface area contributed by atoms with E-state index in [0.29, 0.717) is 5.56 Å². The summed E-state index contributed by atoms with van der Waals surface area (Å²) in [5, 5.41) is 14.5. The van der Waals surface area contributed by atoms with Crippen molar-refractivity contribution in [2.24, 2.45) is 0 Å². The molecule has 3 aromatic rings. The van der Waals surface area contributed by atoms with Crippen LogP contribution in [0.15, 0.2) is 48.7 Å². The number of para-hydroxylation sites is 1. The molecule has 27 heavy (non-hydrogen) atoms. The third-order valence-electron chi connectivity index (χ3n) is 4.21. The second kappa shape index (κ2) is 7.28. The zero-order chi connectivity index (χ0) is 19.6. The van der Waals surface area contributed by atoms with Crippen molar-refractivity contribution in [2.45, 2.75) is 13.0 Å². The maximum Gasteiger partial charge on any atom is 0.339 e. The Balaban J connectivity index is 1.80. The number of nitrogens with zero attached hydrogens (tertiary/aromatic N) is 1. The van der Waals surface area contributed by atoms with Gasteiger partial charge in [0.25, 0.3) is 5.69 Å². The van der Waals surface area contributed by atoms with Crippen molar-refractivity contribution in [2.75, 3.05) is 12.4 Å². The molecule has 0 bridgehead atoms. The predicted octanol–water partition coefficient (Wildman–Crippen LogP) is 3.55. The van der Waals surface area contributed by atoms with Gasteiger partial charge in [0.1, 0.15) is 5.69 Å². The van der Waals surface area contributed by atoms with Crippen LogP contribution >= 0.6 is 0 Å². The Hall–Kier alpha value is -3.68. The summed E-state index contributed by atoms with van der Waals surface area (Å²) in [4.78, 5) is 38.5. The van der Waals surface area contributed by atoms with Crippen molar-refractivity contribution in [3.05, 3.63) is 69.9 Å². The van der Waals surface area contributed by atoms with E-state index in [-0.39, 0.29) is 22.7 Å². The Kier molecular flexibility index (Phi) is 4.89. The first kappa shape index (κ1) is 18.1. The van der Waals surface area contributed by atoms with Crippen molar-refractivity contribution in [3.8, 4) is 0 Å². The molecule has 0 saturated heterocycles. The number of nitro groups is 1. The summed E-state index contributed by atoms with van der Waals surface area (Å²) in [6.07, 6.45) is 0.531. The van der Waals surface area contributed by atoms with Crippen LogP contribution in [0.2, 0.25) is 0 Å². The molecule has 3 rings (SSSR count). The Morgan fingerprint density at radius 2 is 1.96 bits per heavy atom. The summed E-state index contributed by atoms with van der Waals surface area (Å²) < 4.78 is 5.23. The number of carbonyl (C=O) groups excluding carboxylic acids is 2. The van der Waals surface area contributed by atoms with Gasteiger partial charge in [-0.1, -0.05) is 18.2 Å². The number of ketones is 1. The highest BCUT2D eigenvalue weighted by Gasteiger charge is 2.24. The number of H-pyrrole nitrogens is 1. The van der Waals surface area contributed by atoms with Crippen LogP contribution in [-0.4, -0.2) is 34.8 Å². The molecule has 2 aromatic carbocycles. The van der Waals surface area contributed by atoms with Crippen LogP contribution in [0.25, 0.3) is 10.9 Å². The quantitative estimate of drug-likeness (QED) is 0.298. The predicted molar refractivity (Wildman–Crippen MR) is 100 cm³/mol. The van der Waals surface area contributed by atoms with Gasteiger partial charge in [-0.05, 0) is 25.1 Å². The molecule has 1 heterocycles. The van der Waals surface area contributed by atoms with Gasteiger partial charge in [-0.3, -0.25) is 14.9 Å². The van der Waals surface area contributed by atoms with E-state index in [1.165, 1.54) is 19.1 Å². The van der Waals surface area contributed by atoms with E-state index in [0.717, 1.165) is 17.0 Å². The summed E-state index contributed by atoms with van der Waals surface area (Å²) in [6.45, 7) is 1.47. The van der Waals surface area contributed by atoms with Crippen LogP contribution in [0.4, 0.5) is 11.4 Å². The topological polar surface area (TPSA) is 114 Å². The molecule has 0 aliphatic heterocycles. The number of rotatable bonds is 6. The van der Waals surface area contributed by atoms with Gasteiger partial charge < -0.3 is 15.0 Å². The fourth-order valence-corrected chi connectivity index (χ4v) is 2.80. The normalized spacial score (nSPS) is 11.8. The first-order chi connectivity index (χ1) is 12.9. The molecular formula is C19H17N3O5. The van der Waals surface area contributed by atoms with Gasteiger partial charge >= 0.3 is 5.97 Å². The lowest BCUT2D eigenvalue weighted by atomic mass is 10.1. The average molecular weight is 367 g/mol. The molecule has 1 atom stereocenters. The minimum atomic E-state index is -1.04. The van der Waals surface area contributed by atoms with Crippen LogP contribution < -0.4 is 5.32 Å². The van der Waals surface area contributed by atoms with Crippen LogP contribution in [-0.2, 0) is 4.74 Å². The number of ether oxygens (including phenoxy) is 1. The number of Topliss-reactive ketones (excluding diaryl/α,β-unsaturated/α-hetero) is 1. The lowest BCUT2D eigenvalue weighted by Gasteiger charge is -2.12. The summed E-state index contributed by atoms with van der Waals surface area (Å²) >= 11 is 0. The fourth-order valence-electron chi connectivity index (χ4n) is 2.80. The molecule has 0 aliphatic carbocycles. The van der Waals surface area contributed by atoms with Crippen molar-refractivity contribution in [1.29, 1.82) is 0 Å². The molecule has 8 nitrogen and oxygen atoms in total. The maximum atomic E-state index is 12.6. The fraction of sp³-hybridized carbons (Fsp3) is 0.158. The highest BCUT2D eigenvalue weighted by Crippen LogP contribution is 2.26. The van der Waals surface area contributed by atoms with Crippen LogP contribution in [0.3, 0.4) is 0 Å². The second-order valence-corrected chi connectivity index (χ2v) is 5.90. The summed E-state index contributed by atoms with van der Waals surface area (Å²) in [5.74, 6) is -1.16. The molecule has 2 N–H and O–H groups in total. The number of aromatic nitrogens is 1. The first-order valence-electron chi connectivity index (χ1n) is 8.20. The highest BCUT2D eigenvalue weighted by atomic mass is 16.6. The zero-order valence-corrected chi connectivity index (χ0v) is 14.7. The molecule has 8 heteroatoms. The number of nitrogens with one attached hydrogen (secondary N) is 2. The Bertz CT molecular complexity index is 1040. The molecule has 0 amide bonds. The lowest BCUT2D eigenvalue weighted by Crippen LogP contribution is -2.24. The maximum absolute atomic E-state index is 12.6. The second-order valence-electron chi connectivity index (χ2n) is 5.90. The van der Waals surface area contributed by atoms with Crippen molar-refractivity contribution in [1.82, 2.24) is 4.98 Å². The minimum Gasteiger partial charge on any atom is -0.451 e. The number of carbonyl (C=O) groups is 2. The largest absolute Gasteiger partial charge is 0.451 e. The number of anilines is 1. The van der Waals surface area contributed by atoms with Gasteiger partial charge in [0, 0.05) is 35.8 Å². The molecule has 0 radical (unpaired) electrons. The summed E-state index contributed by atoms with van der Waals surface area (Å²) in [5.41, 5.74) is 1.25. The Labute approximate surface area is 154 Å². The standard InChI is InChI=1S/C19H17N3O5/c1-11(18(23)14-10-21-15-6-4-3-5-13(14)15)27-19(24)12-7-8-16(20-2)17(9-12)22(25)26/h3-11,20-21H,1-2H3/t11-/m1/s1. The van der Waals surface area contributed by atoms with Crippen molar-refractivity contribution in [3.63, 3.8) is 0 Å². The smallest absolute Gasteiger partial charge is 0.339 e. The first-order valence-corrected chi connectivity index (χ1v) is 8.20. The summed E-state index contributed by atoms with van der Waals surface area (Å²) in [7, 11) is 1.54. The van der Waals surface area contributed by atoms with Crippen molar-refractivity contribution >= 4 is 34.0 Å². The van der Waals surface area contributed by atoms with E-state index in [4.69, 9.17) is 4.74 Å². The molecule has 0 saturated carbocycles. The number of benzene rings is 2. The van der Waals surface area contributed by atoms with E-state index in [2.05, 4.69) is 10.3 Å². The van der Waals surface area contributed by atoms with Gasteiger partial charge in [-0.2, -0.15) is 0 Å². The van der Waals surface area contributed by atoms with Crippen LogP contribution in [0.1, 0.15) is 27.6 Å². The van der Waals surface area contributed by atoms with Gasteiger partial charge in [0.05, 0.1) is 10.5 Å². The number of fused-ring (bicyclic) bond motifs is 1. The van der Waals surface area contributed by atoms with Gasteiger partial charge in [-0.15, -0.1) is 0 Å². The van der Waals surface area contributed by atoms with E-state index in [1.54, 1.807) is 19.3 Å². The average Bonchev–Trinajstić information content (AvgIpc) is 3.10. The molecule has 0 spiro atoms. The van der Waals surface area contributed by atoms with Gasteiger partial charge in [0.2, 0.25) is 5.78 Å². The minimum absolute atomic E-state index is 0.000670. The van der Waals surface area contributed by atoms with Gasteiger partial charge in [0.15, 0.2) is 6.10 Å². The lowest BCUT2D eigenvalue weighted by molar-refractivity contribution is -0.384. The van der Waals surface area contributed by atoms with Crippen LogP contribution in [0, 0.1) is 10.1 Å². The molecule has 0 fully saturated rings. The zero-order valence-electron chi connectivity index (χ0n) is 14.7. The Morgan fingerprint density at radius 3 is 2.67 bits per heavy atom. The molecule has 0 aliphatic rings. The molecule has 138 valence electrons. The monoisotopic (exact) mass is 367 g/mol. The third-order valence-corrected chi connectivity index (χ3v) is 4.21. The Morgan fingerprint density at radius 1 is 1.22 bits per heavy atom. The number of aromatic amines is 1. The molecule has 1 aromatic heterocycles. The third kappa shape index (κ3) is 3.50. The summed E-state index contributed by atoms with van der Waals surface area (Å²) in [6, 6.07) is 11.2. The molecular weight excluding hydrogens is 350 g/mol. The number of hydrogen-bond donors (Lipinski definition) is 2. The van der Waals surface area contributed by atoms with E-state index in [9.17, 15) is 19.7 Å². The SMILES string of the molecule is CNc1ccc(C(=O)O[C@H](C)C(=O)c2c[nH]c3ccccc23)cc1[N+](=O)[O-]. The van der Waals surface area contributed by atoms with E-state index < -0.39 is 17.0 Å². The number of esters is 1. The van der Waals surface area contributed by atoms with Gasteiger partial charge in [-0.25, -0.2) is 4.79 Å².